The molecule has 1 aliphatic heterocycles. The molecule has 0 aromatic carbocycles. The van der Waals surface area contributed by atoms with Crippen molar-refractivity contribution >= 4 is 0 Å². The molecule has 1 N–H and O–H groups in total. The molecular weight excluding hydrogens is 214 g/mol. The molecule has 2 unspecified atom stereocenters. The smallest absolute Gasteiger partial charge is 0.0644 e. The first-order valence-corrected chi connectivity index (χ1v) is 6.43. The molecule has 1 aromatic heterocycles. The van der Waals surface area contributed by atoms with Gasteiger partial charge in [0.1, 0.15) is 0 Å². The SMILES string of the molecule is Cc1nn(C)c(C)c1C(C)NC1CCCOC1. The minimum absolute atomic E-state index is 0.343. The lowest BCUT2D eigenvalue weighted by atomic mass is 10.0. The zero-order valence-corrected chi connectivity index (χ0v) is 11.3. The third-order valence-electron chi connectivity index (χ3n) is 3.64. The number of hydrogen-bond donors (Lipinski definition) is 1. The minimum Gasteiger partial charge on any atom is -0.380 e. The van der Waals surface area contributed by atoms with E-state index in [9.17, 15) is 0 Å². The topological polar surface area (TPSA) is 39.1 Å². The maximum absolute atomic E-state index is 5.50. The van der Waals surface area contributed by atoms with Gasteiger partial charge in [-0.15, -0.1) is 0 Å². The Labute approximate surface area is 103 Å². The Kier molecular flexibility index (Phi) is 3.84. The molecule has 4 heteroatoms. The molecule has 2 atom stereocenters. The third kappa shape index (κ3) is 2.69. The van der Waals surface area contributed by atoms with Gasteiger partial charge in [0.2, 0.25) is 0 Å². The summed E-state index contributed by atoms with van der Waals surface area (Å²) in [4.78, 5) is 0. The van der Waals surface area contributed by atoms with Crippen LogP contribution < -0.4 is 5.32 Å². The van der Waals surface area contributed by atoms with Crippen LogP contribution in [0.1, 0.15) is 42.8 Å². The van der Waals surface area contributed by atoms with Gasteiger partial charge in [-0.05, 0) is 33.6 Å². The first-order valence-electron chi connectivity index (χ1n) is 6.43. The van der Waals surface area contributed by atoms with Crippen molar-refractivity contribution in [2.45, 2.75) is 45.7 Å². The lowest BCUT2D eigenvalue weighted by Crippen LogP contribution is -2.38. The summed E-state index contributed by atoms with van der Waals surface area (Å²) in [6.07, 6.45) is 2.37. The summed E-state index contributed by atoms with van der Waals surface area (Å²) < 4.78 is 7.46. The average Bonchev–Trinajstić information content (AvgIpc) is 2.54. The Bertz CT molecular complexity index is 380. The zero-order valence-electron chi connectivity index (χ0n) is 11.3. The Balaban J connectivity index is 2.05. The summed E-state index contributed by atoms with van der Waals surface area (Å²) in [6, 6.07) is 0.827. The number of ether oxygens (including phenoxy) is 1. The van der Waals surface area contributed by atoms with E-state index in [1.54, 1.807) is 0 Å². The van der Waals surface area contributed by atoms with E-state index < -0.39 is 0 Å². The molecule has 0 radical (unpaired) electrons. The van der Waals surface area contributed by atoms with Crippen LogP contribution in [0.5, 0.6) is 0 Å². The van der Waals surface area contributed by atoms with Gasteiger partial charge >= 0.3 is 0 Å². The molecule has 1 fully saturated rings. The monoisotopic (exact) mass is 237 g/mol. The maximum Gasteiger partial charge on any atom is 0.0644 e. The van der Waals surface area contributed by atoms with E-state index in [2.05, 4.69) is 31.2 Å². The molecule has 0 spiro atoms. The van der Waals surface area contributed by atoms with Crippen molar-refractivity contribution in [3.63, 3.8) is 0 Å². The molecule has 2 heterocycles. The molecule has 17 heavy (non-hydrogen) atoms. The van der Waals surface area contributed by atoms with E-state index in [-0.39, 0.29) is 0 Å². The van der Waals surface area contributed by atoms with Gasteiger partial charge in [0.25, 0.3) is 0 Å². The number of aromatic nitrogens is 2. The highest BCUT2D eigenvalue weighted by atomic mass is 16.5. The fourth-order valence-electron chi connectivity index (χ4n) is 2.73. The van der Waals surface area contributed by atoms with Crippen molar-refractivity contribution in [2.75, 3.05) is 13.2 Å². The van der Waals surface area contributed by atoms with E-state index >= 15 is 0 Å². The molecule has 4 nitrogen and oxygen atoms in total. The second-order valence-corrected chi connectivity index (χ2v) is 5.01. The van der Waals surface area contributed by atoms with Gasteiger partial charge in [0.05, 0.1) is 12.3 Å². The minimum atomic E-state index is 0.343. The summed E-state index contributed by atoms with van der Waals surface area (Å²) in [5.41, 5.74) is 3.71. The average molecular weight is 237 g/mol. The van der Waals surface area contributed by atoms with Crippen LogP contribution in [0.25, 0.3) is 0 Å². The molecule has 0 bridgehead atoms. The maximum atomic E-state index is 5.50. The second kappa shape index (κ2) is 5.19. The van der Waals surface area contributed by atoms with E-state index in [0.29, 0.717) is 12.1 Å². The first-order chi connectivity index (χ1) is 8.09. The van der Waals surface area contributed by atoms with Gasteiger partial charge in [-0.25, -0.2) is 0 Å². The number of aryl methyl sites for hydroxylation is 2. The predicted molar refractivity (Wildman–Crippen MR) is 68.1 cm³/mol. The third-order valence-corrected chi connectivity index (χ3v) is 3.64. The highest BCUT2D eigenvalue weighted by Crippen LogP contribution is 2.22. The van der Waals surface area contributed by atoms with Gasteiger partial charge in [-0.2, -0.15) is 5.10 Å². The van der Waals surface area contributed by atoms with Crippen molar-refractivity contribution < 1.29 is 4.74 Å². The predicted octanol–water partition coefficient (Wildman–Crippen LogP) is 1.87. The van der Waals surface area contributed by atoms with Crippen LogP contribution in [-0.4, -0.2) is 29.0 Å². The molecule has 0 saturated carbocycles. The number of hydrogen-bond acceptors (Lipinski definition) is 3. The van der Waals surface area contributed by atoms with Crippen LogP contribution in [0.4, 0.5) is 0 Å². The van der Waals surface area contributed by atoms with Gasteiger partial charge < -0.3 is 10.1 Å². The van der Waals surface area contributed by atoms with Crippen molar-refractivity contribution in [3.05, 3.63) is 17.0 Å². The molecule has 1 saturated heterocycles. The van der Waals surface area contributed by atoms with Crippen LogP contribution in [0, 0.1) is 13.8 Å². The Hall–Kier alpha value is -0.870. The largest absolute Gasteiger partial charge is 0.380 e. The van der Waals surface area contributed by atoms with Crippen molar-refractivity contribution in [1.82, 2.24) is 15.1 Å². The lowest BCUT2D eigenvalue weighted by Gasteiger charge is -2.27. The van der Waals surface area contributed by atoms with E-state index in [0.717, 1.165) is 25.3 Å². The number of nitrogens with one attached hydrogen (secondary N) is 1. The highest BCUT2D eigenvalue weighted by molar-refractivity contribution is 5.27. The number of rotatable bonds is 3. The molecular formula is C13H23N3O. The molecule has 0 aliphatic carbocycles. The first kappa shape index (κ1) is 12.6. The quantitative estimate of drug-likeness (QED) is 0.872. The van der Waals surface area contributed by atoms with E-state index in [4.69, 9.17) is 4.74 Å². The van der Waals surface area contributed by atoms with Gasteiger partial charge in [0, 0.05) is 37.0 Å². The van der Waals surface area contributed by atoms with Gasteiger partial charge in [-0.3, -0.25) is 4.68 Å². The molecule has 1 aromatic rings. The lowest BCUT2D eigenvalue weighted by molar-refractivity contribution is 0.0670. The molecule has 1 aliphatic rings. The normalized spacial score (nSPS) is 22.7. The van der Waals surface area contributed by atoms with Crippen LogP contribution in [0.15, 0.2) is 0 Å². The van der Waals surface area contributed by atoms with Crippen LogP contribution >= 0.6 is 0 Å². The van der Waals surface area contributed by atoms with Crippen molar-refractivity contribution in [2.24, 2.45) is 7.05 Å². The molecule has 2 rings (SSSR count). The summed E-state index contributed by atoms with van der Waals surface area (Å²) in [5, 5.41) is 8.12. The standard InChI is InChI=1S/C13H23N3O/c1-9(14-12-6-5-7-17-8-12)13-10(2)15-16(4)11(13)3/h9,12,14H,5-8H2,1-4H3. The van der Waals surface area contributed by atoms with Crippen LogP contribution in [0.3, 0.4) is 0 Å². The fraction of sp³-hybridized carbons (Fsp3) is 0.769. The Morgan fingerprint density at radius 1 is 1.47 bits per heavy atom. The zero-order chi connectivity index (χ0) is 12.4. The Morgan fingerprint density at radius 3 is 2.76 bits per heavy atom. The Morgan fingerprint density at radius 2 is 2.24 bits per heavy atom. The summed E-state index contributed by atoms with van der Waals surface area (Å²) >= 11 is 0. The summed E-state index contributed by atoms with van der Waals surface area (Å²) in [5.74, 6) is 0. The van der Waals surface area contributed by atoms with E-state index in [1.165, 1.54) is 17.7 Å². The van der Waals surface area contributed by atoms with E-state index in [1.807, 2.05) is 11.7 Å². The molecule has 96 valence electrons. The number of nitrogens with zero attached hydrogens (tertiary/aromatic N) is 2. The molecule has 0 amide bonds. The van der Waals surface area contributed by atoms with Gasteiger partial charge in [-0.1, -0.05) is 0 Å². The summed E-state index contributed by atoms with van der Waals surface area (Å²) in [6.45, 7) is 8.18. The van der Waals surface area contributed by atoms with Crippen molar-refractivity contribution in [3.8, 4) is 0 Å². The second-order valence-electron chi connectivity index (χ2n) is 5.01. The van der Waals surface area contributed by atoms with Crippen molar-refractivity contribution in [1.29, 1.82) is 0 Å². The summed E-state index contributed by atoms with van der Waals surface area (Å²) in [7, 11) is 2.00. The van der Waals surface area contributed by atoms with Gasteiger partial charge in [0.15, 0.2) is 0 Å². The fourth-order valence-corrected chi connectivity index (χ4v) is 2.73. The van der Waals surface area contributed by atoms with Crippen LogP contribution in [0.2, 0.25) is 0 Å². The highest BCUT2D eigenvalue weighted by Gasteiger charge is 2.20. The van der Waals surface area contributed by atoms with Crippen LogP contribution in [-0.2, 0) is 11.8 Å².